The Labute approximate surface area is 121 Å². The van der Waals surface area contributed by atoms with Crippen molar-refractivity contribution in [3.05, 3.63) is 42.0 Å². The van der Waals surface area contributed by atoms with Crippen molar-refractivity contribution >= 4 is 11.7 Å². The Morgan fingerprint density at radius 3 is 2.80 bits per heavy atom. The summed E-state index contributed by atoms with van der Waals surface area (Å²) in [7, 11) is 1.83. The number of urea groups is 1. The summed E-state index contributed by atoms with van der Waals surface area (Å²) in [4.78, 5) is 15.9. The second-order valence-electron chi connectivity index (χ2n) is 5.64. The Morgan fingerprint density at radius 2 is 2.10 bits per heavy atom. The maximum atomic E-state index is 12.4. The maximum Gasteiger partial charge on any atom is 0.324 e. The first-order chi connectivity index (χ1) is 9.49. The van der Waals surface area contributed by atoms with Crippen LogP contribution in [0.2, 0.25) is 0 Å². The average molecular weight is 273 g/mol. The predicted molar refractivity (Wildman–Crippen MR) is 82.9 cm³/mol. The third-order valence-corrected chi connectivity index (χ3v) is 3.39. The molecule has 0 aromatic heterocycles. The van der Waals surface area contributed by atoms with Crippen LogP contribution in [0.5, 0.6) is 0 Å². The third-order valence-electron chi connectivity index (χ3n) is 3.39. The monoisotopic (exact) mass is 273 g/mol. The zero-order valence-electron chi connectivity index (χ0n) is 12.5. The van der Waals surface area contributed by atoms with E-state index >= 15 is 0 Å². The highest BCUT2D eigenvalue weighted by molar-refractivity contribution is 5.95. The van der Waals surface area contributed by atoms with Gasteiger partial charge in [-0.3, -0.25) is 4.90 Å². The number of amides is 2. The minimum Gasteiger partial charge on any atom is -0.323 e. The van der Waals surface area contributed by atoms with Crippen molar-refractivity contribution < 1.29 is 4.79 Å². The molecular weight excluding hydrogens is 250 g/mol. The molecule has 4 heteroatoms. The third kappa shape index (κ3) is 3.20. The number of para-hydroxylation sites is 1. The first kappa shape index (κ1) is 14.6. The van der Waals surface area contributed by atoms with Gasteiger partial charge in [0.15, 0.2) is 0 Å². The van der Waals surface area contributed by atoms with Gasteiger partial charge in [0.2, 0.25) is 0 Å². The van der Waals surface area contributed by atoms with E-state index in [0.717, 1.165) is 17.8 Å². The lowest BCUT2D eigenvalue weighted by molar-refractivity contribution is 0.211. The molecule has 0 saturated heterocycles. The van der Waals surface area contributed by atoms with Gasteiger partial charge in [0.05, 0.1) is 5.69 Å². The van der Waals surface area contributed by atoms with Gasteiger partial charge in [0.25, 0.3) is 0 Å². The van der Waals surface area contributed by atoms with Crippen LogP contribution in [0.25, 0.3) is 0 Å². The topological polar surface area (TPSA) is 35.6 Å². The Balaban J connectivity index is 2.13. The summed E-state index contributed by atoms with van der Waals surface area (Å²) >= 11 is 0. The number of rotatable bonds is 5. The lowest BCUT2D eigenvalue weighted by atomic mass is 10.1. The summed E-state index contributed by atoms with van der Waals surface area (Å²) in [6.45, 7) is 10.2. The molecule has 4 nitrogen and oxygen atoms in total. The zero-order valence-corrected chi connectivity index (χ0v) is 12.5. The van der Waals surface area contributed by atoms with E-state index in [2.05, 4.69) is 31.8 Å². The van der Waals surface area contributed by atoms with Crippen LogP contribution in [-0.2, 0) is 6.54 Å². The molecule has 20 heavy (non-hydrogen) atoms. The molecule has 1 N–H and O–H groups in total. The van der Waals surface area contributed by atoms with Gasteiger partial charge < -0.3 is 10.2 Å². The number of carbonyl (C=O) groups is 1. The Kier molecular flexibility index (Phi) is 4.45. The number of hydrogen-bond acceptors (Lipinski definition) is 2. The summed E-state index contributed by atoms with van der Waals surface area (Å²) in [5.41, 5.74) is 3.19. The highest BCUT2D eigenvalue weighted by Crippen LogP contribution is 2.27. The van der Waals surface area contributed by atoms with E-state index in [1.54, 1.807) is 4.90 Å². The first-order valence-corrected chi connectivity index (χ1v) is 6.99. The van der Waals surface area contributed by atoms with Gasteiger partial charge in [-0.2, -0.15) is 0 Å². The number of carbonyl (C=O) groups excluding carboxylic acids is 1. The van der Waals surface area contributed by atoms with Crippen LogP contribution in [0.4, 0.5) is 10.5 Å². The molecule has 2 rings (SSSR count). The highest BCUT2D eigenvalue weighted by Gasteiger charge is 2.27. The predicted octanol–water partition coefficient (Wildman–Crippen LogP) is 2.61. The fourth-order valence-electron chi connectivity index (χ4n) is 2.32. The molecule has 0 unspecified atom stereocenters. The van der Waals surface area contributed by atoms with E-state index in [4.69, 9.17) is 0 Å². The van der Waals surface area contributed by atoms with Crippen molar-refractivity contribution in [1.82, 2.24) is 10.2 Å². The Hall–Kier alpha value is -1.81. The second-order valence-corrected chi connectivity index (χ2v) is 5.64. The summed E-state index contributed by atoms with van der Waals surface area (Å²) in [6, 6.07) is 8.51. The van der Waals surface area contributed by atoms with Gasteiger partial charge in [-0.1, -0.05) is 38.6 Å². The van der Waals surface area contributed by atoms with Gasteiger partial charge in [0.1, 0.15) is 0 Å². The largest absolute Gasteiger partial charge is 0.324 e. The van der Waals surface area contributed by atoms with Gasteiger partial charge in [-0.25, -0.2) is 4.79 Å². The average Bonchev–Trinajstić information content (AvgIpc) is 2.41. The van der Waals surface area contributed by atoms with Crippen molar-refractivity contribution in [2.45, 2.75) is 26.4 Å². The number of fused-ring (bicyclic) bond motifs is 1. The normalized spacial score (nSPS) is 14.7. The van der Waals surface area contributed by atoms with E-state index in [0.29, 0.717) is 19.1 Å². The van der Waals surface area contributed by atoms with Crippen molar-refractivity contribution in [1.29, 1.82) is 0 Å². The van der Waals surface area contributed by atoms with E-state index < -0.39 is 0 Å². The number of hydrogen-bond donors (Lipinski definition) is 1. The van der Waals surface area contributed by atoms with Gasteiger partial charge in [-0.15, -0.1) is 0 Å². The summed E-state index contributed by atoms with van der Waals surface area (Å²) in [6.07, 6.45) is 0. The van der Waals surface area contributed by atoms with Crippen LogP contribution in [0, 0.1) is 0 Å². The van der Waals surface area contributed by atoms with Crippen molar-refractivity contribution in [2.75, 3.05) is 25.0 Å². The molecule has 0 radical (unpaired) electrons. The van der Waals surface area contributed by atoms with Gasteiger partial charge >= 0.3 is 6.03 Å². The molecule has 0 aliphatic carbocycles. The quantitative estimate of drug-likeness (QED) is 0.837. The molecule has 0 atom stereocenters. The number of benzene rings is 1. The molecule has 108 valence electrons. The highest BCUT2D eigenvalue weighted by atomic mass is 16.2. The molecule has 1 aliphatic rings. The van der Waals surface area contributed by atoms with E-state index in [-0.39, 0.29) is 6.03 Å². The minimum atomic E-state index is 0.0365. The van der Waals surface area contributed by atoms with Crippen LogP contribution in [0.3, 0.4) is 0 Å². The van der Waals surface area contributed by atoms with Crippen LogP contribution in [0.1, 0.15) is 19.4 Å². The molecule has 1 aromatic rings. The summed E-state index contributed by atoms with van der Waals surface area (Å²) in [5.74, 6) is 0. The van der Waals surface area contributed by atoms with Crippen LogP contribution >= 0.6 is 0 Å². The van der Waals surface area contributed by atoms with Gasteiger partial charge in [0, 0.05) is 32.7 Å². The molecular formula is C16H23N3O. The zero-order chi connectivity index (χ0) is 14.7. The molecule has 0 saturated carbocycles. The maximum absolute atomic E-state index is 12.4. The molecule has 0 fully saturated rings. The van der Waals surface area contributed by atoms with Crippen LogP contribution in [-0.4, -0.2) is 37.1 Å². The first-order valence-electron chi connectivity index (χ1n) is 6.99. The molecule has 1 aliphatic heterocycles. The second kappa shape index (κ2) is 6.09. The lowest BCUT2D eigenvalue weighted by Crippen LogP contribution is -2.46. The lowest BCUT2D eigenvalue weighted by Gasteiger charge is -2.35. The van der Waals surface area contributed by atoms with Crippen molar-refractivity contribution in [3.8, 4) is 0 Å². The number of anilines is 1. The van der Waals surface area contributed by atoms with Crippen molar-refractivity contribution in [3.63, 3.8) is 0 Å². The molecule has 2 amide bonds. The fourth-order valence-corrected chi connectivity index (χ4v) is 2.32. The number of nitrogens with zero attached hydrogens (tertiary/aromatic N) is 2. The minimum absolute atomic E-state index is 0.0365. The Bertz CT molecular complexity index is 510. The van der Waals surface area contributed by atoms with Crippen LogP contribution in [0.15, 0.2) is 36.4 Å². The van der Waals surface area contributed by atoms with Crippen molar-refractivity contribution in [2.24, 2.45) is 0 Å². The molecule has 1 aromatic carbocycles. The SMILES string of the molecule is C=C(CNC(C)C)CN1C(=O)N(C)Cc2ccccc21. The Morgan fingerprint density at radius 1 is 1.40 bits per heavy atom. The summed E-state index contributed by atoms with van der Waals surface area (Å²) in [5, 5.41) is 3.33. The van der Waals surface area contributed by atoms with E-state index in [9.17, 15) is 4.79 Å². The number of nitrogens with one attached hydrogen (secondary N) is 1. The summed E-state index contributed by atoms with van der Waals surface area (Å²) < 4.78 is 0. The van der Waals surface area contributed by atoms with Crippen LogP contribution < -0.4 is 10.2 Å². The van der Waals surface area contributed by atoms with E-state index in [1.807, 2.05) is 30.1 Å². The standard InChI is InChI=1S/C16H23N3O/c1-12(2)17-9-13(3)10-19-15-8-6-5-7-14(15)11-18(4)16(19)20/h5-8,12,17H,3,9-11H2,1-2,4H3. The fraction of sp³-hybridized carbons (Fsp3) is 0.438. The molecule has 0 spiro atoms. The van der Waals surface area contributed by atoms with E-state index in [1.165, 1.54) is 5.56 Å². The van der Waals surface area contributed by atoms with Gasteiger partial charge in [-0.05, 0) is 17.2 Å². The molecule has 0 bridgehead atoms. The smallest absolute Gasteiger partial charge is 0.323 e. The molecule has 1 heterocycles.